The van der Waals surface area contributed by atoms with Crippen LogP contribution in [0.4, 0.5) is 0 Å². The second kappa shape index (κ2) is 4.88. The topological polar surface area (TPSA) is 17.8 Å². The SMILES string of the molecule is Cn1cnc(Br)c1Cc1ccc(C(C)(C)C)cc1. The van der Waals surface area contributed by atoms with Crippen molar-refractivity contribution in [2.45, 2.75) is 32.6 Å². The van der Waals surface area contributed by atoms with Crippen LogP contribution in [0.3, 0.4) is 0 Å². The molecule has 0 aliphatic rings. The summed E-state index contributed by atoms with van der Waals surface area (Å²) in [5.41, 5.74) is 4.10. The molecule has 0 N–H and O–H groups in total. The number of hydrogen-bond donors (Lipinski definition) is 0. The fourth-order valence-corrected chi connectivity index (χ4v) is 2.45. The molecular formula is C15H19BrN2. The van der Waals surface area contributed by atoms with E-state index in [1.165, 1.54) is 16.8 Å². The molecular weight excluding hydrogens is 288 g/mol. The van der Waals surface area contributed by atoms with Gasteiger partial charge in [0.15, 0.2) is 0 Å². The second-order valence-electron chi connectivity index (χ2n) is 5.72. The Labute approximate surface area is 117 Å². The van der Waals surface area contributed by atoms with E-state index in [0.717, 1.165) is 11.0 Å². The van der Waals surface area contributed by atoms with Gasteiger partial charge in [-0.15, -0.1) is 0 Å². The minimum atomic E-state index is 0.214. The minimum Gasteiger partial charge on any atom is -0.336 e. The van der Waals surface area contributed by atoms with Gasteiger partial charge in [0.1, 0.15) is 4.60 Å². The summed E-state index contributed by atoms with van der Waals surface area (Å²) in [4.78, 5) is 4.25. The van der Waals surface area contributed by atoms with Gasteiger partial charge in [0, 0.05) is 13.5 Å². The third-order valence-corrected chi connectivity index (χ3v) is 3.86. The molecule has 1 aromatic heterocycles. The molecule has 0 saturated carbocycles. The molecule has 2 aromatic rings. The first kappa shape index (κ1) is 13.3. The molecule has 2 nitrogen and oxygen atoms in total. The second-order valence-corrected chi connectivity index (χ2v) is 6.47. The highest BCUT2D eigenvalue weighted by atomic mass is 79.9. The predicted molar refractivity (Wildman–Crippen MR) is 78.9 cm³/mol. The summed E-state index contributed by atoms with van der Waals surface area (Å²) < 4.78 is 2.99. The van der Waals surface area contributed by atoms with Gasteiger partial charge in [-0.2, -0.15) is 0 Å². The van der Waals surface area contributed by atoms with Crippen molar-refractivity contribution in [3.05, 3.63) is 52.0 Å². The normalized spacial score (nSPS) is 11.8. The summed E-state index contributed by atoms with van der Waals surface area (Å²) >= 11 is 3.49. The smallest absolute Gasteiger partial charge is 0.127 e. The largest absolute Gasteiger partial charge is 0.336 e. The highest BCUT2D eigenvalue weighted by molar-refractivity contribution is 9.10. The van der Waals surface area contributed by atoms with Crippen molar-refractivity contribution in [3.8, 4) is 0 Å². The van der Waals surface area contributed by atoms with Crippen LogP contribution >= 0.6 is 15.9 Å². The van der Waals surface area contributed by atoms with Gasteiger partial charge in [-0.3, -0.25) is 0 Å². The summed E-state index contributed by atoms with van der Waals surface area (Å²) in [7, 11) is 2.02. The number of halogens is 1. The number of aromatic nitrogens is 2. The van der Waals surface area contributed by atoms with Crippen LogP contribution in [0.2, 0.25) is 0 Å². The van der Waals surface area contributed by atoms with E-state index in [1.54, 1.807) is 0 Å². The molecule has 0 atom stereocenters. The van der Waals surface area contributed by atoms with Gasteiger partial charge in [-0.25, -0.2) is 4.98 Å². The van der Waals surface area contributed by atoms with Crippen LogP contribution in [0.5, 0.6) is 0 Å². The lowest BCUT2D eigenvalue weighted by atomic mass is 9.86. The fourth-order valence-electron chi connectivity index (χ4n) is 1.94. The number of aryl methyl sites for hydroxylation is 1. The van der Waals surface area contributed by atoms with Gasteiger partial charge >= 0.3 is 0 Å². The Bertz CT molecular complexity index is 513. The number of rotatable bonds is 2. The van der Waals surface area contributed by atoms with E-state index >= 15 is 0 Å². The minimum absolute atomic E-state index is 0.214. The zero-order chi connectivity index (χ0) is 13.3. The van der Waals surface area contributed by atoms with E-state index in [1.807, 2.05) is 13.4 Å². The first-order valence-corrected chi connectivity index (χ1v) is 6.92. The molecule has 3 heteroatoms. The van der Waals surface area contributed by atoms with Crippen LogP contribution in [-0.2, 0) is 18.9 Å². The van der Waals surface area contributed by atoms with E-state index in [4.69, 9.17) is 0 Å². The molecule has 0 spiro atoms. The van der Waals surface area contributed by atoms with Crippen molar-refractivity contribution >= 4 is 15.9 Å². The average Bonchev–Trinajstić information content (AvgIpc) is 2.60. The van der Waals surface area contributed by atoms with Gasteiger partial charge in [0.2, 0.25) is 0 Å². The van der Waals surface area contributed by atoms with Crippen LogP contribution in [-0.4, -0.2) is 9.55 Å². The van der Waals surface area contributed by atoms with E-state index in [-0.39, 0.29) is 5.41 Å². The maximum atomic E-state index is 4.25. The number of hydrogen-bond acceptors (Lipinski definition) is 1. The molecule has 96 valence electrons. The van der Waals surface area contributed by atoms with Crippen molar-refractivity contribution in [2.75, 3.05) is 0 Å². The molecule has 0 radical (unpaired) electrons. The average molecular weight is 307 g/mol. The molecule has 0 saturated heterocycles. The molecule has 0 fully saturated rings. The Balaban J connectivity index is 2.21. The van der Waals surface area contributed by atoms with Crippen LogP contribution < -0.4 is 0 Å². The van der Waals surface area contributed by atoms with Crippen LogP contribution in [0, 0.1) is 0 Å². The highest BCUT2D eigenvalue weighted by Crippen LogP contribution is 2.24. The molecule has 1 aromatic carbocycles. The first-order valence-electron chi connectivity index (χ1n) is 6.13. The van der Waals surface area contributed by atoms with Gasteiger partial charge in [0.05, 0.1) is 12.0 Å². The van der Waals surface area contributed by atoms with Crippen LogP contribution in [0.15, 0.2) is 35.2 Å². The maximum Gasteiger partial charge on any atom is 0.127 e. The molecule has 1 heterocycles. The zero-order valence-corrected chi connectivity index (χ0v) is 13.0. The van der Waals surface area contributed by atoms with Crippen molar-refractivity contribution in [1.82, 2.24) is 9.55 Å². The fraction of sp³-hybridized carbons (Fsp3) is 0.400. The summed E-state index contributed by atoms with van der Waals surface area (Å²) in [6.45, 7) is 6.71. The van der Waals surface area contributed by atoms with Gasteiger partial charge in [0.25, 0.3) is 0 Å². The molecule has 0 unspecified atom stereocenters. The van der Waals surface area contributed by atoms with Crippen molar-refractivity contribution in [1.29, 1.82) is 0 Å². The molecule has 2 rings (SSSR count). The number of nitrogens with zero attached hydrogens (tertiary/aromatic N) is 2. The highest BCUT2D eigenvalue weighted by Gasteiger charge is 2.13. The van der Waals surface area contributed by atoms with Gasteiger partial charge < -0.3 is 4.57 Å². The summed E-state index contributed by atoms with van der Waals surface area (Å²) in [5, 5.41) is 0. The van der Waals surface area contributed by atoms with Crippen LogP contribution in [0.1, 0.15) is 37.6 Å². The maximum absolute atomic E-state index is 4.25. The molecule has 0 bridgehead atoms. The molecule has 0 amide bonds. The van der Waals surface area contributed by atoms with E-state index in [2.05, 4.69) is 70.5 Å². The standard InChI is InChI=1S/C15H19BrN2/c1-15(2,3)12-7-5-11(6-8-12)9-13-14(16)17-10-18(13)4/h5-8,10H,9H2,1-4H3. The lowest BCUT2D eigenvalue weighted by Crippen LogP contribution is -2.10. The third kappa shape index (κ3) is 2.83. The Morgan fingerprint density at radius 3 is 2.22 bits per heavy atom. The van der Waals surface area contributed by atoms with Gasteiger partial charge in [-0.1, -0.05) is 45.0 Å². The van der Waals surface area contributed by atoms with E-state index < -0.39 is 0 Å². The van der Waals surface area contributed by atoms with Crippen molar-refractivity contribution in [3.63, 3.8) is 0 Å². The quantitative estimate of drug-likeness (QED) is 0.818. The van der Waals surface area contributed by atoms with E-state index in [9.17, 15) is 0 Å². The molecule has 18 heavy (non-hydrogen) atoms. The Hall–Kier alpha value is -1.09. The summed E-state index contributed by atoms with van der Waals surface area (Å²) in [6.07, 6.45) is 2.74. The van der Waals surface area contributed by atoms with E-state index in [0.29, 0.717) is 0 Å². The number of benzene rings is 1. The summed E-state index contributed by atoms with van der Waals surface area (Å²) in [6, 6.07) is 8.86. The first-order chi connectivity index (χ1) is 8.38. The number of imidazole rings is 1. The molecule has 0 aliphatic carbocycles. The Morgan fingerprint density at radius 2 is 1.78 bits per heavy atom. The van der Waals surface area contributed by atoms with Crippen LogP contribution in [0.25, 0.3) is 0 Å². The van der Waals surface area contributed by atoms with Crippen molar-refractivity contribution in [2.24, 2.45) is 7.05 Å². The molecule has 0 aliphatic heterocycles. The Morgan fingerprint density at radius 1 is 1.17 bits per heavy atom. The van der Waals surface area contributed by atoms with Crippen molar-refractivity contribution < 1.29 is 0 Å². The zero-order valence-electron chi connectivity index (χ0n) is 11.4. The third-order valence-electron chi connectivity index (χ3n) is 3.20. The predicted octanol–water partition coefficient (Wildman–Crippen LogP) is 4.07. The Kier molecular flexibility index (Phi) is 3.62. The lowest BCUT2D eigenvalue weighted by Gasteiger charge is -2.19. The monoisotopic (exact) mass is 306 g/mol. The van der Waals surface area contributed by atoms with Gasteiger partial charge in [-0.05, 0) is 32.5 Å². The lowest BCUT2D eigenvalue weighted by molar-refractivity contribution is 0.590. The summed E-state index contributed by atoms with van der Waals surface area (Å²) in [5.74, 6) is 0.